The topological polar surface area (TPSA) is 70.0 Å². The maximum absolute atomic E-state index is 11.6. The third kappa shape index (κ3) is 2.16. The lowest BCUT2D eigenvalue weighted by Crippen LogP contribution is -2.30. The zero-order valence-electron chi connectivity index (χ0n) is 8.48. The van der Waals surface area contributed by atoms with Gasteiger partial charge >= 0.3 is 5.97 Å². The summed E-state index contributed by atoms with van der Waals surface area (Å²) in [6, 6.07) is 0.212. The van der Waals surface area contributed by atoms with Gasteiger partial charge in [-0.1, -0.05) is 12.8 Å². The third-order valence-corrected chi connectivity index (χ3v) is 2.89. The molecule has 0 unspecified atom stereocenters. The van der Waals surface area contributed by atoms with Crippen LogP contribution in [0.3, 0.4) is 0 Å². The molecule has 0 radical (unpaired) electrons. The summed E-state index contributed by atoms with van der Waals surface area (Å²) >= 11 is 0. The van der Waals surface area contributed by atoms with E-state index >= 15 is 0 Å². The Hall–Kier alpha value is -1.39. The van der Waals surface area contributed by atoms with Crippen LogP contribution in [0.5, 0.6) is 0 Å². The van der Waals surface area contributed by atoms with Crippen LogP contribution in [0, 0.1) is 0 Å². The summed E-state index contributed by atoms with van der Waals surface area (Å²) in [5.41, 5.74) is 0.486. The number of amides is 1. The molecule has 1 fully saturated rings. The highest BCUT2D eigenvalue weighted by Crippen LogP contribution is 2.27. The zero-order valence-corrected chi connectivity index (χ0v) is 8.48. The summed E-state index contributed by atoms with van der Waals surface area (Å²) in [5.74, 6) is -0.965. The molecule has 2 aliphatic rings. The molecular formula is C10H14N2O3. The van der Waals surface area contributed by atoms with E-state index in [4.69, 9.17) is 5.11 Å². The molecule has 0 saturated heterocycles. The number of carboxylic acids is 1. The first-order valence-corrected chi connectivity index (χ1v) is 5.27. The van der Waals surface area contributed by atoms with E-state index < -0.39 is 5.97 Å². The molecule has 0 aromatic rings. The number of hydrazone groups is 1. The molecular weight excluding hydrogens is 196 g/mol. The molecule has 1 amide bonds. The van der Waals surface area contributed by atoms with Gasteiger partial charge in [-0.2, -0.15) is 5.10 Å². The summed E-state index contributed by atoms with van der Waals surface area (Å²) in [7, 11) is 0. The highest BCUT2D eigenvalue weighted by atomic mass is 16.4. The van der Waals surface area contributed by atoms with Gasteiger partial charge in [-0.3, -0.25) is 9.59 Å². The Morgan fingerprint density at radius 2 is 2.13 bits per heavy atom. The Bertz CT molecular complexity index is 319. The SMILES string of the molecule is O=C(O)CC1=NN(C2CCCC2)C(=O)C1. The first-order valence-electron chi connectivity index (χ1n) is 5.27. The van der Waals surface area contributed by atoms with Crippen molar-refractivity contribution < 1.29 is 14.7 Å². The summed E-state index contributed by atoms with van der Waals surface area (Å²) in [4.78, 5) is 22.1. The lowest BCUT2D eigenvalue weighted by Gasteiger charge is -2.18. The van der Waals surface area contributed by atoms with Crippen LogP contribution in [0.15, 0.2) is 5.10 Å². The molecule has 1 aliphatic heterocycles. The number of aliphatic carboxylic acids is 1. The van der Waals surface area contributed by atoms with E-state index in [1.54, 1.807) is 0 Å². The molecule has 15 heavy (non-hydrogen) atoms. The number of hydrogen-bond acceptors (Lipinski definition) is 3. The van der Waals surface area contributed by atoms with Gasteiger partial charge in [-0.05, 0) is 12.8 Å². The second-order valence-electron chi connectivity index (χ2n) is 4.09. The first-order chi connectivity index (χ1) is 7.16. The van der Waals surface area contributed by atoms with E-state index in [0.717, 1.165) is 25.7 Å². The van der Waals surface area contributed by atoms with Crippen LogP contribution >= 0.6 is 0 Å². The third-order valence-electron chi connectivity index (χ3n) is 2.89. The van der Waals surface area contributed by atoms with Gasteiger partial charge in [0, 0.05) is 0 Å². The molecule has 0 bridgehead atoms. The second kappa shape index (κ2) is 4.00. The molecule has 0 spiro atoms. The van der Waals surface area contributed by atoms with Gasteiger partial charge in [0.25, 0.3) is 0 Å². The average molecular weight is 210 g/mol. The van der Waals surface area contributed by atoms with Crippen molar-refractivity contribution in [3.8, 4) is 0 Å². The Morgan fingerprint density at radius 1 is 1.47 bits per heavy atom. The molecule has 5 heteroatoms. The second-order valence-corrected chi connectivity index (χ2v) is 4.09. The van der Waals surface area contributed by atoms with Crippen LogP contribution < -0.4 is 0 Å². The van der Waals surface area contributed by atoms with Crippen molar-refractivity contribution in [1.82, 2.24) is 5.01 Å². The van der Waals surface area contributed by atoms with Crippen LogP contribution in [0.25, 0.3) is 0 Å². The van der Waals surface area contributed by atoms with Gasteiger partial charge in [0.1, 0.15) is 0 Å². The van der Waals surface area contributed by atoms with Gasteiger partial charge in [0.05, 0.1) is 24.6 Å². The van der Waals surface area contributed by atoms with Crippen molar-refractivity contribution >= 4 is 17.6 Å². The van der Waals surface area contributed by atoms with E-state index in [2.05, 4.69) is 5.10 Å². The quantitative estimate of drug-likeness (QED) is 0.755. The monoisotopic (exact) mass is 210 g/mol. The Morgan fingerprint density at radius 3 is 2.73 bits per heavy atom. The molecule has 1 aliphatic carbocycles. The Kier molecular flexibility index (Phi) is 2.70. The van der Waals surface area contributed by atoms with Gasteiger partial charge in [-0.25, -0.2) is 5.01 Å². The van der Waals surface area contributed by atoms with Gasteiger partial charge in [-0.15, -0.1) is 0 Å². The van der Waals surface area contributed by atoms with Crippen LogP contribution in [0.1, 0.15) is 38.5 Å². The summed E-state index contributed by atoms with van der Waals surface area (Å²) < 4.78 is 0. The minimum absolute atomic E-state index is 0.0434. The lowest BCUT2D eigenvalue weighted by atomic mass is 10.2. The summed E-state index contributed by atoms with van der Waals surface area (Å²) in [5, 5.41) is 14.2. The predicted octanol–water partition coefficient (Wildman–Crippen LogP) is 0.992. The maximum atomic E-state index is 11.6. The fourth-order valence-electron chi connectivity index (χ4n) is 2.21. The molecule has 5 nitrogen and oxygen atoms in total. The molecule has 0 atom stereocenters. The average Bonchev–Trinajstić information content (AvgIpc) is 2.72. The van der Waals surface area contributed by atoms with Crippen molar-refractivity contribution in [3.05, 3.63) is 0 Å². The van der Waals surface area contributed by atoms with Gasteiger partial charge in [0.15, 0.2) is 0 Å². The summed E-state index contributed by atoms with van der Waals surface area (Å²) in [6.07, 6.45) is 4.33. The smallest absolute Gasteiger partial charge is 0.309 e. The number of hydrogen-bond donors (Lipinski definition) is 1. The molecule has 1 saturated carbocycles. The largest absolute Gasteiger partial charge is 0.481 e. The minimum atomic E-state index is -0.921. The number of nitrogens with zero attached hydrogens (tertiary/aromatic N) is 2. The molecule has 1 heterocycles. The van der Waals surface area contributed by atoms with E-state index in [1.807, 2.05) is 0 Å². The Balaban J connectivity index is 2.02. The van der Waals surface area contributed by atoms with Crippen molar-refractivity contribution in [1.29, 1.82) is 0 Å². The first kappa shape index (κ1) is 10.1. The van der Waals surface area contributed by atoms with E-state index in [0.29, 0.717) is 5.71 Å². The standard InChI is InChI=1S/C10H14N2O3/c13-9-5-7(6-10(14)15)11-12(9)8-3-1-2-4-8/h8H,1-6H2,(H,14,15). The van der Waals surface area contributed by atoms with Crippen LogP contribution in [-0.2, 0) is 9.59 Å². The predicted molar refractivity (Wildman–Crippen MR) is 53.4 cm³/mol. The number of carbonyl (C=O) groups excluding carboxylic acids is 1. The van der Waals surface area contributed by atoms with E-state index in [-0.39, 0.29) is 24.8 Å². The lowest BCUT2D eigenvalue weighted by molar-refractivity contribution is -0.135. The van der Waals surface area contributed by atoms with Crippen molar-refractivity contribution in [3.63, 3.8) is 0 Å². The van der Waals surface area contributed by atoms with Crippen LogP contribution in [0.2, 0.25) is 0 Å². The number of carbonyl (C=O) groups is 2. The van der Waals surface area contributed by atoms with Crippen LogP contribution in [0.4, 0.5) is 0 Å². The fourth-order valence-corrected chi connectivity index (χ4v) is 2.21. The Labute approximate surface area is 87.8 Å². The van der Waals surface area contributed by atoms with Gasteiger partial charge < -0.3 is 5.11 Å². The molecule has 82 valence electrons. The fraction of sp³-hybridized carbons (Fsp3) is 0.700. The van der Waals surface area contributed by atoms with Crippen LogP contribution in [-0.4, -0.2) is 33.7 Å². The summed E-state index contributed by atoms with van der Waals surface area (Å²) in [6.45, 7) is 0. The molecule has 1 N–H and O–H groups in total. The maximum Gasteiger partial charge on any atom is 0.309 e. The van der Waals surface area contributed by atoms with Crippen molar-refractivity contribution in [2.45, 2.75) is 44.6 Å². The number of rotatable bonds is 3. The van der Waals surface area contributed by atoms with E-state index in [1.165, 1.54) is 5.01 Å². The zero-order chi connectivity index (χ0) is 10.8. The molecule has 0 aromatic carbocycles. The van der Waals surface area contributed by atoms with Crippen molar-refractivity contribution in [2.75, 3.05) is 0 Å². The minimum Gasteiger partial charge on any atom is -0.481 e. The van der Waals surface area contributed by atoms with Gasteiger partial charge in [0.2, 0.25) is 5.91 Å². The molecule has 0 aromatic heterocycles. The highest BCUT2D eigenvalue weighted by molar-refractivity contribution is 6.10. The number of carboxylic acid groups (broad SMARTS) is 1. The highest BCUT2D eigenvalue weighted by Gasteiger charge is 2.32. The molecule has 2 rings (SSSR count). The van der Waals surface area contributed by atoms with E-state index in [9.17, 15) is 9.59 Å². The normalized spacial score (nSPS) is 22.3. The van der Waals surface area contributed by atoms with Crippen molar-refractivity contribution in [2.24, 2.45) is 5.10 Å².